The van der Waals surface area contributed by atoms with Crippen molar-refractivity contribution < 1.29 is 9.53 Å². The summed E-state index contributed by atoms with van der Waals surface area (Å²) in [5.41, 5.74) is 8.50. The van der Waals surface area contributed by atoms with Gasteiger partial charge in [-0.1, -0.05) is 0 Å². The van der Waals surface area contributed by atoms with Gasteiger partial charge in [-0.3, -0.25) is 4.99 Å². The minimum atomic E-state index is -0.833. The van der Waals surface area contributed by atoms with Crippen LogP contribution in [0.5, 0.6) is 0 Å². The molecule has 0 bridgehead atoms. The van der Waals surface area contributed by atoms with Crippen molar-refractivity contribution in [2.24, 2.45) is 16.5 Å². The molecule has 0 unspecified atom stereocenters. The number of rotatable bonds is 0. The molecule has 1 rings (SSSR count). The number of ether oxygens (including phenoxy) is 1. The number of nitrogens with two attached hydrogens (primary N) is 2. The van der Waals surface area contributed by atoms with Gasteiger partial charge in [0.05, 0.1) is 6.54 Å². The molecule has 0 spiro atoms. The van der Waals surface area contributed by atoms with Crippen LogP contribution in [0.1, 0.15) is 0 Å². The number of primary amides is 2. The Kier molecular flexibility index (Phi) is 10.4. The molecule has 0 fully saturated rings. The van der Waals surface area contributed by atoms with E-state index in [1.807, 2.05) is 0 Å². The third kappa shape index (κ3) is 15.6. The van der Waals surface area contributed by atoms with Crippen LogP contribution in [-0.4, -0.2) is 49.3 Å². The first-order valence-corrected chi connectivity index (χ1v) is 2.38. The Morgan fingerprint density at radius 1 is 1.60 bits per heavy atom. The fourth-order valence-electron chi connectivity index (χ4n) is 0.264. The Balaban J connectivity index is 0. The van der Waals surface area contributed by atoms with Crippen molar-refractivity contribution in [2.75, 3.05) is 13.2 Å². The number of carbonyl (C=O) groups is 1. The molecule has 1 aliphatic heterocycles. The zero-order chi connectivity index (χ0) is 7.11. The molecule has 0 aromatic heterocycles. The summed E-state index contributed by atoms with van der Waals surface area (Å²) in [4.78, 5) is 12.7. The molecule has 0 saturated carbocycles. The molecule has 0 aromatic rings. The van der Waals surface area contributed by atoms with Gasteiger partial charge in [-0.25, -0.2) is 4.79 Å². The van der Waals surface area contributed by atoms with Crippen LogP contribution in [0, 0.1) is 0 Å². The van der Waals surface area contributed by atoms with E-state index in [2.05, 4.69) is 21.2 Å². The van der Waals surface area contributed by atoms with Crippen molar-refractivity contribution in [2.45, 2.75) is 0 Å². The molecule has 5 nitrogen and oxygen atoms in total. The topological polar surface area (TPSA) is 90.7 Å². The summed E-state index contributed by atoms with van der Waals surface area (Å²) in [6.07, 6.45) is 1.49. The van der Waals surface area contributed by atoms with Gasteiger partial charge in [0.2, 0.25) is 0 Å². The van der Waals surface area contributed by atoms with Gasteiger partial charge in [-0.15, -0.1) is 0 Å². The molecule has 10 heavy (non-hydrogen) atoms. The van der Waals surface area contributed by atoms with E-state index in [-0.39, 0.29) is 23.7 Å². The van der Waals surface area contributed by atoms with Crippen LogP contribution < -0.4 is 11.5 Å². The van der Waals surface area contributed by atoms with E-state index in [1.165, 1.54) is 6.40 Å². The van der Waals surface area contributed by atoms with E-state index in [9.17, 15) is 0 Å². The Morgan fingerprint density at radius 3 is 2.20 bits per heavy atom. The average molecular weight is 261 g/mol. The van der Waals surface area contributed by atoms with Gasteiger partial charge in [0, 0.05) is 0 Å². The number of nitrogens with zero attached hydrogens (tertiary/aromatic N) is 1. The molecule has 2 amide bonds. The monoisotopic (exact) mass is 263 g/mol. The van der Waals surface area contributed by atoms with Crippen molar-refractivity contribution >= 4 is 36.1 Å². The summed E-state index contributed by atoms with van der Waals surface area (Å²) >= 11 is 0. The van der Waals surface area contributed by atoms with Crippen molar-refractivity contribution in [1.82, 2.24) is 0 Å². The predicted molar refractivity (Wildman–Crippen MR) is 41.6 cm³/mol. The number of hydrogen-bond donors (Lipinski definition) is 2. The third-order valence-electron chi connectivity index (χ3n) is 0.487. The van der Waals surface area contributed by atoms with E-state index in [0.717, 1.165) is 13.2 Å². The molecular weight excluding hydrogens is 250 g/mol. The summed E-state index contributed by atoms with van der Waals surface area (Å²) in [5, 5.41) is 0. The second-order valence-electron chi connectivity index (χ2n) is 1.28. The summed E-state index contributed by atoms with van der Waals surface area (Å²) in [5.74, 6) is 0. The Bertz CT molecular complexity index is 107. The number of hydrogen-bond acceptors (Lipinski definition) is 3. The minimum absolute atomic E-state index is 0. The first-order chi connectivity index (χ1) is 4.23. The molecule has 0 saturated heterocycles. The van der Waals surface area contributed by atoms with Crippen molar-refractivity contribution in [1.29, 1.82) is 0 Å². The zero-order valence-electron chi connectivity index (χ0n) is 5.41. The predicted octanol–water partition coefficient (Wildman–Crippen LogP) is -1.85. The molecule has 6 heteroatoms. The third-order valence-corrected chi connectivity index (χ3v) is 0.487. The number of aliphatic imine (C=N–C) groups is 1. The molecule has 1 heterocycles. The molecule has 4 N–H and O–H groups in total. The summed E-state index contributed by atoms with van der Waals surface area (Å²) in [7, 11) is 0. The van der Waals surface area contributed by atoms with Gasteiger partial charge < -0.3 is 16.2 Å². The van der Waals surface area contributed by atoms with Crippen LogP contribution >= 0.6 is 0 Å². The fourth-order valence-corrected chi connectivity index (χ4v) is 0.264. The Hall–Kier alpha value is -0.470. The van der Waals surface area contributed by atoms with Crippen LogP contribution in [0.2, 0.25) is 0 Å². The van der Waals surface area contributed by atoms with Crippen LogP contribution in [0.15, 0.2) is 4.99 Å². The number of amides is 2. The Labute approximate surface area is 75.5 Å². The maximum atomic E-state index is 9.00. The second kappa shape index (κ2) is 8.53. The molecule has 60 valence electrons. The molecule has 1 aliphatic rings. The van der Waals surface area contributed by atoms with Gasteiger partial charge in [0.25, 0.3) is 0 Å². The number of urea groups is 1. The van der Waals surface area contributed by atoms with Gasteiger partial charge in [-0.05, 0) is 0 Å². The Morgan fingerprint density at radius 2 is 2.10 bits per heavy atom. The first-order valence-electron chi connectivity index (χ1n) is 2.38. The summed E-state index contributed by atoms with van der Waals surface area (Å²) in [6, 6.07) is -0.833. The fraction of sp³-hybridized carbons (Fsp3) is 0.500. The molecule has 0 aromatic carbocycles. The normalized spacial score (nSPS) is 12.0. The summed E-state index contributed by atoms with van der Waals surface area (Å²) in [6.45, 7) is 1.62. The van der Waals surface area contributed by atoms with Crippen LogP contribution in [0.25, 0.3) is 0 Å². The first kappa shape index (κ1) is 12.2. The van der Waals surface area contributed by atoms with Crippen LogP contribution in [0.4, 0.5) is 4.79 Å². The molecule has 0 radical (unpaired) electrons. The molecule has 0 aliphatic carbocycles. The standard InChI is InChI=1S/C3H5NO.CH4N2O.H2Te/c1-2-5-3-4-1;2-1(3)4;/h3H,1-2H2;(H4,2,3,4);1H2. The van der Waals surface area contributed by atoms with E-state index in [4.69, 9.17) is 4.79 Å². The SMILES string of the molecule is C1=NCCO1.NC(N)=O.[TeH2]. The molecule has 0 atom stereocenters. The molecular formula is C4H11N3O2Te. The van der Waals surface area contributed by atoms with Crippen molar-refractivity contribution in [3.8, 4) is 0 Å². The van der Waals surface area contributed by atoms with Gasteiger partial charge >= 0.3 is 29.7 Å². The zero-order valence-corrected chi connectivity index (χ0v) is 8.26. The van der Waals surface area contributed by atoms with E-state index in [1.54, 1.807) is 0 Å². The second-order valence-corrected chi connectivity index (χ2v) is 1.28. The number of carbonyl (C=O) groups excluding carboxylic acids is 1. The van der Waals surface area contributed by atoms with E-state index < -0.39 is 6.03 Å². The van der Waals surface area contributed by atoms with E-state index >= 15 is 0 Å². The quantitative estimate of drug-likeness (QED) is 0.501. The van der Waals surface area contributed by atoms with E-state index in [0.29, 0.717) is 0 Å². The van der Waals surface area contributed by atoms with Crippen molar-refractivity contribution in [3.05, 3.63) is 0 Å². The maximum absolute atomic E-state index is 9.00. The van der Waals surface area contributed by atoms with Crippen molar-refractivity contribution in [3.63, 3.8) is 0 Å². The summed E-state index contributed by atoms with van der Waals surface area (Å²) < 4.78 is 4.65. The van der Waals surface area contributed by atoms with Gasteiger partial charge in [-0.2, -0.15) is 0 Å². The van der Waals surface area contributed by atoms with Crippen LogP contribution in [0.3, 0.4) is 0 Å². The average Bonchev–Trinajstić information content (AvgIpc) is 2.11. The van der Waals surface area contributed by atoms with Gasteiger partial charge in [0.15, 0.2) is 6.40 Å². The van der Waals surface area contributed by atoms with Crippen LogP contribution in [-0.2, 0) is 4.74 Å². The van der Waals surface area contributed by atoms with Gasteiger partial charge in [0.1, 0.15) is 6.61 Å².